The molecule has 3 fully saturated rings. The molecule has 3 saturated heterocycles. The molecule has 0 bridgehead atoms. The van der Waals surface area contributed by atoms with Crippen molar-refractivity contribution in [2.24, 2.45) is 5.16 Å². The lowest BCUT2D eigenvalue weighted by atomic mass is 10.0. The van der Waals surface area contributed by atoms with Crippen LogP contribution in [-0.2, 0) is 25.7 Å². The normalized spacial score (nSPS) is 26.6. The molecule has 43 heavy (non-hydrogen) atoms. The molecule has 224 valence electrons. The average Bonchev–Trinajstić information content (AvgIpc) is 3.73. The van der Waals surface area contributed by atoms with E-state index in [4.69, 9.17) is 5.73 Å². The quantitative estimate of drug-likeness (QED) is 0.0594. The number of pyridine rings is 1. The zero-order valence-corrected chi connectivity index (χ0v) is 24.3. The summed E-state index contributed by atoms with van der Waals surface area (Å²) in [5, 5.41) is 27.6. The second-order valence-corrected chi connectivity index (χ2v) is 12.3. The first-order valence-electron chi connectivity index (χ1n) is 13.5. The molecule has 4 atom stereocenters. The number of nitrogen functional groups attached to an aromatic ring is 1. The van der Waals surface area contributed by atoms with E-state index in [9.17, 15) is 29.5 Å². The van der Waals surface area contributed by atoms with Crippen LogP contribution in [0.1, 0.15) is 18.7 Å². The molecule has 0 spiro atoms. The summed E-state index contributed by atoms with van der Waals surface area (Å²) in [6.07, 6.45) is 6.90. The standard InChI is InChI=1S/C26H27N9O6S2/c27-26-30-20(32-43-26)17(31-41)21(36)29-18-23(38)35-19(25(39)40)14(12-42-24(18)35)8-13-4-7-34(22(13)37)16-9-15(28-10-16)11-33-5-2-1-3-6-33/h1-3,5-6,8,15-16,18,24,28H,4,7,9-12H2,(H4-,27,29,30,32,36,39,40,41)/p+1/t15?,16?,18-,24-/m1/s1. The topological polar surface area (TPSA) is 207 Å². The molecule has 2 aromatic heterocycles. The fourth-order valence-electron chi connectivity index (χ4n) is 5.80. The van der Waals surface area contributed by atoms with Gasteiger partial charge in [-0.05, 0) is 24.5 Å². The van der Waals surface area contributed by atoms with E-state index in [0.29, 0.717) is 30.7 Å². The number of carbonyl (C=O) groups excluding carboxylic acids is 3. The molecule has 0 saturated carbocycles. The predicted octanol–water partition coefficient (Wildman–Crippen LogP) is -1.09. The number of rotatable bonds is 8. The van der Waals surface area contributed by atoms with Crippen LogP contribution in [0.4, 0.5) is 5.13 Å². The number of fused-ring (bicyclic) bond motifs is 1. The van der Waals surface area contributed by atoms with E-state index >= 15 is 0 Å². The molecule has 4 aliphatic rings. The fourth-order valence-corrected chi connectivity index (χ4v) is 7.54. The Balaban J connectivity index is 1.13. The summed E-state index contributed by atoms with van der Waals surface area (Å²) in [4.78, 5) is 58.3. The molecule has 6 heterocycles. The van der Waals surface area contributed by atoms with Gasteiger partial charge in [-0.15, -0.1) is 11.8 Å². The van der Waals surface area contributed by atoms with E-state index in [2.05, 4.69) is 29.7 Å². The van der Waals surface area contributed by atoms with Crippen LogP contribution in [0.25, 0.3) is 0 Å². The smallest absolute Gasteiger partial charge is 0.352 e. The van der Waals surface area contributed by atoms with Crippen LogP contribution in [0.5, 0.6) is 0 Å². The molecule has 2 unspecified atom stereocenters. The number of amides is 3. The van der Waals surface area contributed by atoms with Gasteiger partial charge in [0.25, 0.3) is 11.8 Å². The number of nitrogens with one attached hydrogen (secondary N) is 2. The van der Waals surface area contributed by atoms with Crippen molar-refractivity contribution >= 4 is 57.8 Å². The van der Waals surface area contributed by atoms with Crippen molar-refractivity contribution in [1.82, 2.24) is 29.8 Å². The van der Waals surface area contributed by atoms with Crippen LogP contribution in [-0.4, -0.2) is 101 Å². The second-order valence-electron chi connectivity index (χ2n) is 10.4. The number of β-lactam (4-membered cyclic amide) rings is 1. The summed E-state index contributed by atoms with van der Waals surface area (Å²) in [5.74, 6) is -2.96. The zero-order valence-electron chi connectivity index (χ0n) is 22.6. The number of hydrogen-bond donors (Lipinski definition) is 5. The van der Waals surface area contributed by atoms with Gasteiger partial charge in [-0.1, -0.05) is 11.2 Å². The minimum absolute atomic E-state index is 0.0374. The van der Waals surface area contributed by atoms with Gasteiger partial charge in [-0.25, -0.2) is 9.36 Å². The third-order valence-electron chi connectivity index (χ3n) is 7.81. The maximum atomic E-state index is 13.4. The van der Waals surface area contributed by atoms with Crippen molar-refractivity contribution in [2.45, 2.75) is 42.9 Å². The Hall–Kier alpha value is -4.35. The monoisotopic (exact) mass is 626 g/mol. The molecule has 6 rings (SSSR count). The highest BCUT2D eigenvalue weighted by molar-refractivity contribution is 8.00. The lowest BCUT2D eigenvalue weighted by Gasteiger charge is -2.49. The number of thioether (sulfide) groups is 1. The molecular weight excluding hydrogens is 598 g/mol. The highest BCUT2D eigenvalue weighted by Crippen LogP contribution is 2.41. The predicted molar refractivity (Wildman–Crippen MR) is 154 cm³/mol. The third-order valence-corrected chi connectivity index (χ3v) is 9.65. The molecule has 17 heteroatoms. The van der Waals surface area contributed by atoms with Gasteiger partial charge in [-0.2, -0.15) is 9.36 Å². The van der Waals surface area contributed by atoms with E-state index in [0.717, 1.165) is 29.4 Å². The molecule has 6 N–H and O–H groups in total. The number of nitrogens with two attached hydrogens (primary N) is 1. The largest absolute Gasteiger partial charge is 0.477 e. The third kappa shape index (κ3) is 5.46. The van der Waals surface area contributed by atoms with Crippen LogP contribution in [0, 0.1) is 0 Å². The van der Waals surface area contributed by atoms with Crippen molar-refractivity contribution < 1.29 is 34.1 Å². The van der Waals surface area contributed by atoms with E-state index in [1.807, 2.05) is 35.5 Å². The number of hydrogen-bond acceptors (Lipinski definition) is 12. The van der Waals surface area contributed by atoms with Crippen molar-refractivity contribution in [1.29, 1.82) is 0 Å². The van der Waals surface area contributed by atoms with E-state index in [1.54, 1.807) is 6.08 Å². The minimum atomic E-state index is -1.31. The number of carboxylic acid groups (broad SMARTS) is 1. The second kappa shape index (κ2) is 11.7. The van der Waals surface area contributed by atoms with Crippen molar-refractivity contribution in [2.75, 3.05) is 24.6 Å². The zero-order chi connectivity index (χ0) is 30.2. The molecule has 0 radical (unpaired) electrons. The number of oxime groups is 1. The summed E-state index contributed by atoms with van der Waals surface area (Å²) >= 11 is 2.07. The summed E-state index contributed by atoms with van der Waals surface area (Å²) in [6.45, 7) is 2.02. The van der Waals surface area contributed by atoms with Gasteiger partial charge in [-0.3, -0.25) is 19.3 Å². The number of nitrogens with zero attached hydrogens (tertiary/aromatic N) is 6. The van der Waals surface area contributed by atoms with Crippen molar-refractivity contribution in [3.63, 3.8) is 0 Å². The van der Waals surface area contributed by atoms with Gasteiger partial charge >= 0.3 is 5.97 Å². The molecular formula is C26H28N9O6S2+. The number of allylic oxidation sites excluding steroid dienone is 1. The fraction of sp³-hybridized carbons (Fsp3) is 0.385. The molecule has 3 amide bonds. The van der Waals surface area contributed by atoms with Crippen LogP contribution in [0.2, 0.25) is 0 Å². The SMILES string of the molecule is Nc1nc(C(=NO)C(=O)N[C@@H]2C(=O)N3C(C(=O)O)=C(C=C4CCN(C5CNC(C[n+]6ccccc6)C5)C4=O)CS[C@H]23)ns1. The molecule has 15 nitrogen and oxygen atoms in total. The Labute approximate surface area is 253 Å². The van der Waals surface area contributed by atoms with E-state index in [-0.39, 0.29) is 40.4 Å². The van der Waals surface area contributed by atoms with Crippen LogP contribution in [0.3, 0.4) is 0 Å². The first-order valence-corrected chi connectivity index (χ1v) is 15.3. The van der Waals surface area contributed by atoms with Gasteiger partial charge in [0.05, 0.1) is 6.04 Å². The van der Waals surface area contributed by atoms with Gasteiger partial charge in [0.2, 0.25) is 17.4 Å². The number of carbonyl (C=O) groups is 4. The first-order chi connectivity index (χ1) is 20.7. The first kappa shape index (κ1) is 28.8. The lowest BCUT2D eigenvalue weighted by Crippen LogP contribution is -2.71. The van der Waals surface area contributed by atoms with Gasteiger partial charge in [0, 0.05) is 54.1 Å². The number of carboxylic acids is 1. The highest BCUT2D eigenvalue weighted by Gasteiger charge is 2.54. The van der Waals surface area contributed by atoms with E-state index < -0.39 is 34.9 Å². The number of aliphatic carboxylic acids is 1. The van der Waals surface area contributed by atoms with Crippen molar-refractivity contribution in [3.8, 4) is 0 Å². The van der Waals surface area contributed by atoms with Gasteiger partial charge in [0.1, 0.15) is 17.1 Å². The Bertz CT molecular complexity index is 1580. The summed E-state index contributed by atoms with van der Waals surface area (Å²) in [7, 11) is 0. The molecule has 2 aromatic rings. The Kier molecular flexibility index (Phi) is 7.85. The number of likely N-dealkylation sites (tertiary alicyclic amines) is 1. The van der Waals surface area contributed by atoms with Gasteiger partial charge in [0.15, 0.2) is 24.1 Å². The van der Waals surface area contributed by atoms with Crippen LogP contribution in [0.15, 0.2) is 58.7 Å². The maximum Gasteiger partial charge on any atom is 0.352 e. The van der Waals surface area contributed by atoms with E-state index in [1.165, 1.54) is 11.8 Å². The maximum absolute atomic E-state index is 13.4. The van der Waals surface area contributed by atoms with Gasteiger partial charge < -0.3 is 31.6 Å². The van der Waals surface area contributed by atoms with Crippen LogP contribution >= 0.6 is 23.3 Å². The Morgan fingerprint density at radius 3 is 2.77 bits per heavy atom. The summed E-state index contributed by atoms with van der Waals surface area (Å²) in [6, 6.07) is 5.12. The minimum Gasteiger partial charge on any atom is -0.477 e. The number of aromatic nitrogens is 3. The summed E-state index contributed by atoms with van der Waals surface area (Å²) in [5.41, 5.74) is 5.66. The lowest BCUT2D eigenvalue weighted by molar-refractivity contribution is -0.699. The average molecular weight is 627 g/mol. The Morgan fingerprint density at radius 2 is 2.07 bits per heavy atom. The van der Waals surface area contributed by atoms with Crippen molar-refractivity contribution in [3.05, 3.63) is 59.3 Å². The summed E-state index contributed by atoms with van der Waals surface area (Å²) < 4.78 is 5.94. The highest BCUT2D eigenvalue weighted by atomic mass is 32.2. The number of anilines is 1. The molecule has 0 aliphatic carbocycles. The molecule has 4 aliphatic heterocycles. The Morgan fingerprint density at radius 1 is 1.28 bits per heavy atom. The van der Waals surface area contributed by atoms with Crippen LogP contribution < -0.4 is 20.9 Å². The molecule has 0 aromatic carbocycles.